The van der Waals surface area contributed by atoms with Crippen molar-refractivity contribution in [3.63, 3.8) is 0 Å². The Labute approximate surface area is 93.5 Å². The van der Waals surface area contributed by atoms with Crippen LogP contribution < -0.4 is 5.73 Å². The van der Waals surface area contributed by atoms with Gasteiger partial charge in [-0.15, -0.1) is 0 Å². The summed E-state index contributed by atoms with van der Waals surface area (Å²) in [6.07, 6.45) is 7.33. The molecule has 2 aliphatic rings. The normalized spacial score (nSPS) is 34.1. The highest BCUT2D eigenvalue weighted by atomic mass is 15.1. The lowest BCUT2D eigenvalue weighted by molar-refractivity contribution is 0.127. The lowest BCUT2D eigenvalue weighted by Crippen LogP contribution is -2.47. The Hall–Kier alpha value is -0.340. The van der Waals surface area contributed by atoms with Crippen LogP contribution in [0.4, 0.5) is 0 Å². The van der Waals surface area contributed by atoms with Crippen molar-refractivity contribution >= 4 is 0 Å². The lowest BCUT2D eigenvalue weighted by atomic mass is 9.71. The molecule has 0 aromatic rings. The molecule has 0 bridgehead atoms. The Balaban J connectivity index is 2.13. The number of allylic oxidation sites excluding steroid dienone is 1. The van der Waals surface area contributed by atoms with Crippen LogP contribution in [-0.4, -0.2) is 30.6 Å². The van der Waals surface area contributed by atoms with Crippen molar-refractivity contribution in [2.45, 2.75) is 45.6 Å². The molecule has 2 heteroatoms. The third kappa shape index (κ3) is 1.74. The van der Waals surface area contributed by atoms with E-state index in [1.807, 2.05) is 0 Å². The van der Waals surface area contributed by atoms with E-state index in [0.717, 1.165) is 0 Å². The van der Waals surface area contributed by atoms with Crippen molar-refractivity contribution < 1.29 is 0 Å². The second kappa shape index (κ2) is 4.26. The van der Waals surface area contributed by atoms with E-state index in [1.165, 1.54) is 45.3 Å². The second-order valence-electron chi connectivity index (χ2n) is 5.05. The summed E-state index contributed by atoms with van der Waals surface area (Å²) in [5, 5.41) is 0. The number of nitrogens with zero attached hydrogens (tertiary/aromatic N) is 1. The summed E-state index contributed by atoms with van der Waals surface area (Å²) in [7, 11) is 0. The Morgan fingerprint density at radius 2 is 2.13 bits per heavy atom. The van der Waals surface area contributed by atoms with Gasteiger partial charge in [0.1, 0.15) is 0 Å². The molecule has 2 nitrogen and oxygen atoms in total. The van der Waals surface area contributed by atoms with Gasteiger partial charge in [-0.1, -0.05) is 18.6 Å². The molecular weight excluding hydrogens is 184 g/mol. The topological polar surface area (TPSA) is 29.3 Å². The maximum Gasteiger partial charge on any atom is 0.0137 e. The quantitative estimate of drug-likeness (QED) is 0.669. The van der Waals surface area contributed by atoms with Gasteiger partial charge < -0.3 is 10.6 Å². The standard InChI is InChI=1S/C13H24N2/c1-3-11-5-6-12(14)13(11)7-9-15(4-2)10-8-13/h3,12H,4-10,14H2,1-2H3/b11-3+/t12-/m1/s1. The van der Waals surface area contributed by atoms with Gasteiger partial charge in [-0.2, -0.15) is 0 Å². The molecular formula is C13H24N2. The molecule has 2 N–H and O–H groups in total. The molecule has 1 heterocycles. The first kappa shape index (κ1) is 11.2. The zero-order chi connectivity index (χ0) is 10.9. The first-order valence-corrected chi connectivity index (χ1v) is 6.36. The molecule has 0 unspecified atom stereocenters. The van der Waals surface area contributed by atoms with Gasteiger partial charge in [0.15, 0.2) is 0 Å². The Kier molecular flexibility index (Phi) is 3.17. The van der Waals surface area contributed by atoms with Crippen molar-refractivity contribution in [2.24, 2.45) is 11.1 Å². The number of nitrogens with two attached hydrogens (primary N) is 1. The summed E-state index contributed by atoms with van der Waals surface area (Å²) in [5.74, 6) is 0. The molecule has 1 saturated heterocycles. The van der Waals surface area contributed by atoms with Gasteiger partial charge in [-0.3, -0.25) is 0 Å². The molecule has 1 aliphatic carbocycles. The van der Waals surface area contributed by atoms with E-state index in [2.05, 4.69) is 24.8 Å². The Morgan fingerprint density at radius 3 is 2.67 bits per heavy atom. The van der Waals surface area contributed by atoms with E-state index < -0.39 is 0 Å². The van der Waals surface area contributed by atoms with Crippen molar-refractivity contribution in [1.29, 1.82) is 0 Å². The average Bonchev–Trinajstić information content (AvgIpc) is 2.58. The largest absolute Gasteiger partial charge is 0.327 e. The highest BCUT2D eigenvalue weighted by molar-refractivity contribution is 5.24. The fourth-order valence-corrected chi connectivity index (χ4v) is 3.47. The van der Waals surface area contributed by atoms with Crippen LogP contribution in [0.2, 0.25) is 0 Å². The molecule has 0 amide bonds. The Bertz CT molecular complexity index is 249. The minimum absolute atomic E-state index is 0.375. The van der Waals surface area contributed by atoms with E-state index in [0.29, 0.717) is 11.5 Å². The second-order valence-corrected chi connectivity index (χ2v) is 5.05. The van der Waals surface area contributed by atoms with Gasteiger partial charge in [-0.05, 0) is 52.2 Å². The van der Waals surface area contributed by atoms with Crippen LogP contribution in [0.1, 0.15) is 39.5 Å². The summed E-state index contributed by atoms with van der Waals surface area (Å²) >= 11 is 0. The van der Waals surface area contributed by atoms with E-state index in [1.54, 1.807) is 5.57 Å². The predicted octanol–water partition coefficient (Wildman–Crippen LogP) is 2.16. The summed E-state index contributed by atoms with van der Waals surface area (Å²) in [4.78, 5) is 2.55. The maximum absolute atomic E-state index is 6.34. The van der Waals surface area contributed by atoms with Crippen LogP contribution in [0.25, 0.3) is 0 Å². The SMILES string of the molecule is C/C=C1\CC[C@@H](N)C12CCN(CC)CC2. The Morgan fingerprint density at radius 1 is 1.47 bits per heavy atom. The van der Waals surface area contributed by atoms with E-state index in [-0.39, 0.29) is 0 Å². The first-order chi connectivity index (χ1) is 7.23. The summed E-state index contributed by atoms with van der Waals surface area (Å²) in [5.41, 5.74) is 8.36. The van der Waals surface area contributed by atoms with Gasteiger partial charge in [0.2, 0.25) is 0 Å². The van der Waals surface area contributed by atoms with Crippen molar-refractivity contribution in [3.05, 3.63) is 11.6 Å². The van der Waals surface area contributed by atoms with Crippen LogP contribution >= 0.6 is 0 Å². The number of rotatable bonds is 1. The molecule has 15 heavy (non-hydrogen) atoms. The predicted molar refractivity (Wildman–Crippen MR) is 64.7 cm³/mol. The highest BCUT2D eigenvalue weighted by Crippen LogP contribution is 2.49. The number of hydrogen-bond donors (Lipinski definition) is 1. The van der Waals surface area contributed by atoms with Crippen molar-refractivity contribution in [1.82, 2.24) is 4.90 Å². The molecule has 0 radical (unpaired) electrons. The van der Waals surface area contributed by atoms with Crippen LogP contribution in [0.15, 0.2) is 11.6 Å². The van der Waals surface area contributed by atoms with Crippen LogP contribution in [0.3, 0.4) is 0 Å². The summed E-state index contributed by atoms with van der Waals surface area (Å²) in [6, 6.07) is 0.419. The minimum atomic E-state index is 0.375. The van der Waals surface area contributed by atoms with E-state index in [4.69, 9.17) is 5.73 Å². The van der Waals surface area contributed by atoms with Gasteiger partial charge in [-0.25, -0.2) is 0 Å². The highest BCUT2D eigenvalue weighted by Gasteiger charge is 2.45. The van der Waals surface area contributed by atoms with Gasteiger partial charge in [0, 0.05) is 11.5 Å². The average molecular weight is 208 g/mol. The molecule has 1 saturated carbocycles. The summed E-state index contributed by atoms with van der Waals surface area (Å²) < 4.78 is 0. The van der Waals surface area contributed by atoms with Gasteiger partial charge >= 0.3 is 0 Å². The van der Waals surface area contributed by atoms with Crippen molar-refractivity contribution in [3.8, 4) is 0 Å². The zero-order valence-electron chi connectivity index (χ0n) is 10.1. The third-order valence-corrected chi connectivity index (χ3v) is 4.62. The summed E-state index contributed by atoms with van der Waals surface area (Å²) in [6.45, 7) is 8.10. The van der Waals surface area contributed by atoms with Crippen LogP contribution in [0.5, 0.6) is 0 Å². The van der Waals surface area contributed by atoms with Crippen LogP contribution in [-0.2, 0) is 0 Å². The fourth-order valence-electron chi connectivity index (χ4n) is 3.47. The molecule has 1 aliphatic heterocycles. The number of piperidine rings is 1. The number of hydrogen-bond acceptors (Lipinski definition) is 2. The minimum Gasteiger partial charge on any atom is -0.327 e. The third-order valence-electron chi connectivity index (χ3n) is 4.62. The molecule has 0 aromatic heterocycles. The van der Waals surface area contributed by atoms with E-state index >= 15 is 0 Å². The molecule has 2 rings (SSSR count). The van der Waals surface area contributed by atoms with Gasteiger partial charge in [0.25, 0.3) is 0 Å². The van der Waals surface area contributed by atoms with Crippen molar-refractivity contribution in [2.75, 3.05) is 19.6 Å². The maximum atomic E-state index is 6.34. The molecule has 0 aromatic carbocycles. The molecule has 86 valence electrons. The molecule has 2 fully saturated rings. The van der Waals surface area contributed by atoms with Crippen LogP contribution in [0, 0.1) is 5.41 Å². The van der Waals surface area contributed by atoms with E-state index in [9.17, 15) is 0 Å². The van der Waals surface area contributed by atoms with Gasteiger partial charge in [0.05, 0.1) is 0 Å². The molecule has 1 atom stereocenters. The lowest BCUT2D eigenvalue weighted by Gasteiger charge is -2.43. The first-order valence-electron chi connectivity index (χ1n) is 6.36. The molecule has 1 spiro atoms. The monoisotopic (exact) mass is 208 g/mol. The fraction of sp³-hybridized carbons (Fsp3) is 0.846. The zero-order valence-corrected chi connectivity index (χ0v) is 10.1. The smallest absolute Gasteiger partial charge is 0.0137 e. The number of likely N-dealkylation sites (tertiary alicyclic amines) is 1.